The Labute approximate surface area is 92.2 Å². The van der Waals surface area contributed by atoms with Crippen LogP contribution in [0, 0.1) is 5.92 Å². The number of hydrogen-bond acceptors (Lipinski definition) is 3. The smallest absolute Gasteiger partial charge is 0.278 e. The van der Waals surface area contributed by atoms with Crippen LogP contribution < -0.4 is 10.5 Å². The normalized spacial score (nSPS) is 28.3. The second-order valence-corrected chi connectivity index (χ2v) is 6.40. The summed E-state index contributed by atoms with van der Waals surface area (Å²) in [4.78, 5) is 0. The van der Waals surface area contributed by atoms with E-state index in [-0.39, 0.29) is 6.04 Å². The molecule has 1 saturated carbocycles. The zero-order chi connectivity index (χ0) is 11.5. The average Bonchev–Trinajstić information content (AvgIpc) is 2.15. The third kappa shape index (κ3) is 4.06. The van der Waals surface area contributed by atoms with Crippen molar-refractivity contribution in [1.29, 1.82) is 0 Å². The average molecular weight is 235 g/mol. The molecule has 0 aromatic heterocycles. The lowest BCUT2D eigenvalue weighted by molar-refractivity contribution is 0.320. The van der Waals surface area contributed by atoms with Gasteiger partial charge in [0.1, 0.15) is 0 Å². The molecule has 15 heavy (non-hydrogen) atoms. The fourth-order valence-corrected chi connectivity index (χ4v) is 2.57. The van der Waals surface area contributed by atoms with Gasteiger partial charge in [0.05, 0.1) is 0 Å². The first-order chi connectivity index (χ1) is 6.92. The first kappa shape index (κ1) is 12.9. The summed E-state index contributed by atoms with van der Waals surface area (Å²) in [5, 5.41) is 0. The summed E-state index contributed by atoms with van der Waals surface area (Å²) in [5.41, 5.74) is 5.84. The van der Waals surface area contributed by atoms with E-state index in [0.29, 0.717) is 12.5 Å². The van der Waals surface area contributed by atoms with E-state index in [9.17, 15) is 8.42 Å². The van der Waals surface area contributed by atoms with E-state index in [0.717, 1.165) is 25.7 Å². The molecule has 0 amide bonds. The molecule has 0 aliphatic heterocycles. The van der Waals surface area contributed by atoms with Gasteiger partial charge in [-0.05, 0) is 25.2 Å². The molecule has 90 valence electrons. The van der Waals surface area contributed by atoms with E-state index < -0.39 is 10.2 Å². The van der Waals surface area contributed by atoms with Gasteiger partial charge in [-0.2, -0.15) is 12.7 Å². The molecule has 1 aliphatic carbocycles. The van der Waals surface area contributed by atoms with Gasteiger partial charge in [-0.15, -0.1) is 0 Å². The molecule has 6 heteroatoms. The van der Waals surface area contributed by atoms with Crippen LogP contribution in [0.25, 0.3) is 0 Å². The van der Waals surface area contributed by atoms with Crippen molar-refractivity contribution >= 4 is 10.2 Å². The number of nitrogens with zero attached hydrogens (tertiary/aromatic N) is 1. The number of rotatable bonds is 4. The Kier molecular flexibility index (Phi) is 4.51. The summed E-state index contributed by atoms with van der Waals surface area (Å²) >= 11 is 0. The van der Waals surface area contributed by atoms with Crippen molar-refractivity contribution in [3.05, 3.63) is 0 Å². The quantitative estimate of drug-likeness (QED) is 0.714. The minimum absolute atomic E-state index is 0.243. The topological polar surface area (TPSA) is 75.4 Å². The van der Waals surface area contributed by atoms with Crippen molar-refractivity contribution in [2.24, 2.45) is 11.7 Å². The van der Waals surface area contributed by atoms with Gasteiger partial charge in [0.25, 0.3) is 10.2 Å². The lowest BCUT2D eigenvalue weighted by Gasteiger charge is -2.27. The Balaban J connectivity index is 2.37. The van der Waals surface area contributed by atoms with E-state index in [1.54, 1.807) is 0 Å². The van der Waals surface area contributed by atoms with Crippen LogP contribution in [0.3, 0.4) is 0 Å². The van der Waals surface area contributed by atoms with Crippen LogP contribution in [0.2, 0.25) is 0 Å². The molecule has 1 fully saturated rings. The molecule has 0 saturated heterocycles. The highest BCUT2D eigenvalue weighted by atomic mass is 32.2. The lowest BCUT2D eigenvalue weighted by Crippen LogP contribution is -2.40. The molecule has 0 aromatic rings. The highest BCUT2D eigenvalue weighted by Crippen LogP contribution is 2.22. The Morgan fingerprint density at radius 2 is 2.07 bits per heavy atom. The van der Waals surface area contributed by atoms with Crippen LogP contribution in [0.5, 0.6) is 0 Å². The van der Waals surface area contributed by atoms with Crippen molar-refractivity contribution < 1.29 is 8.42 Å². The minimum atomic E-state index is -3.27. The standard InChI is InChI=1S/C9H21N3O2S/c1-12(2)15(13,14)11-7-8-4-3-5-9(10)6-8/h8-9,11H,3-7,10H2,1-2H3. The van der Waals surface area contributed by atoms with Crippen LogP contribution in [0.4, 0.5) is 0 Å². The Bertz CT molecular complexity index is 290. The van der Waals surface area contributed by atoms with Gasteiger partial charge in [0, 0.05) is 26.7 Å². The Morgan fingerprint density at radius 1 is 1.40 bits per heavy atom. The molecule has 1 aliphatic rings. The van der Waals surface area contributed by atoms with Crippen LogP contribution in [0.15, 0.2) is 0 Å². The molecular weight excluding hydrogens is 214 g/mol. The zero-order valence-electron chi connectivity index (χ0n) is 9.44. The first-order valence-electron chi connectivity index (χ1n) is 5.34. The fraction of sp³-hybridized carbons (Fsp3) is 1.00. The fourth-order valence-electron chi connectivity index (χ4n) is 1.87. The van der Waals surface area contributed by atoms with Gasteiger partial charge in [-0.3, -0.25) is 0 Å². The van der Waals surface area contributed by atoms with Gasteiger partial charge in [-0.25, -0.2) is 4.72 Å². The van der Waals surface area contributed by atoms with E-state index in [4.69, 9.17) is 5.73 Å². The molecule has 3 N–H and O–H groups in total. The van der Waals surface area contributed by atoms with Crippen LogP contribution in [-0.4, -0.2) is 39.4 Å². The predicted octanol–water partition coefficient (Wildman–Crippen LogP) is -0.100. The van der Waals surface area contributed by atoms with Crippen molar-refractivity contribution in [2.75, 3.05) is 20.6 Å². The zero-order valence-corrected chi connectivity index (χ0v) is 10.3. The highest BCUT2D eigenvalue weighted by molar-refractivity contribution is 7.87. The molecule has 2 atom stereocenters. The molecule has 5 nitrogen and oxygen atoms in total. The molecule has 1 rings (SSSR count). The summed E-state index contributed by atoms with van der Waals surface area (Å²) in [6, 6.07) is 0.243. The summed E-state index contributed by atoms with van der Waals surface area (Å²) in [6.07, 6.45) is 4.17. The highest BCUT2D eigenvalue weighted by Gasteiger charge is 2.21. The number of hydrogen-bond donors (Lipinski definition) is 2. The maximum Gasteiger partial charge on any atom is 0.278 e. The molecule has 0 heterocycles. The monoisotopic (exact) mass is 235 g/mol. The minimum Gasteiger partial charge on any atom is -0.328 e. The van der Waals surface area contributed by atoms with Gasteiger partial charge < -0.3 is 5.73 Å². The lowest BCUT2D eigenvalue weighted by atomic mass is 9.86. The van der Waals surface area contributed by atoms with Crippen molar-refractivity contribution in [3.8, 4) is 0 Å². The maximum atomic E-state index is 11.4. The maximum absolute atomic E-state index is 11.4. The van der Waals surface area contributed by atoms with E-state index in [2.05, 4.69) is 4.72 Å². The summed E-state index contributed by atoms with van der Waals surface area (Å²) in [5.74, 6) is 0.392. The molecule has 0 spiro atoms. The molecule has 2 unspecified atom stereocenters. The van der Waals surface area contributed by atoms with Crippen LogP contribution in [-0.2, 0) is 10.2 Å². The summed E-state index contributed by atoms with van der Waals surface area (Å²) < 4.78 is 26.7. The first-order valence-corrected chi connectivity index (χ1v) is 6.78. The van der Waals surface area contributed by atoms with Crippen LogP contribution >= 0.6 is 0 Å². The second kappa shape index (κ2) is 5.25. The van der Waals surface area contributed by atoms with Crippen LogP contribution in [0.1, 0.15) is 25.7 Å². The van der Waals surface area contributed by atoms with Crippen molar-refractivity contribution in [3.63, 3.8) is 0 Å². The third-order valence-electron chi connectivity index (χ3n) is 2.86. The van der Waals surface area contributed by atoms with E-state index in [1.165, 1.54) is 18.4 Å². The Morgan fingerprint density at radius 3 is 2.60 bits per heavy atom. The van der Waals surface area contributed by atoms with Crippen molar-refractivity contribution in [1.82, 2.24) is 9.03 Å². The molecule has 0 aromatic carbocycles. The SMILES string of the molecule is CN(C)S(=O)(=O)NCC1CCCC(N)C1. The predicted molar refractivity (Wildman–Crippen MR) is 60.5 cm³/mol. The van der Waals surface area contributed by atoms with Gasteiger partial charge >= 0.3 is 0 Å². The molecular formula is C9H21N3O2S. The third-order valence-corrected chi connectivity index (χ3v) is 4.35. The Hall–Kier alpha value is -0.170. The molecule has 0 bridgehead atoms. The second-order valence-electron chi connectivity index (χ2n) is 4.43. The van der Waals surface area contributed by atoms with E-state index in [1.807, 2.05) is 0 Å². The van der Waals surface area contributed by atoms with Crippen molar-refractivity contribution in [2.45, 2.75) is 31.7 Å². The summed E-state index contributed by atoms with van der Waals surface area (Å²) in [6.45, 7) is 0.508. The van der Waals surface area contributed by atoms with Gasteiger partial charge in [0.15, 0.2) is 0 Å². The van der Waals surface area contributed by atoms with Gasteiger partial charge in [-0.1, -0.05) is 6.42 Å². The van der Waals surface area contributed by atoms with E-state index >= 15 is 0 Å². The summed E-state index contributed by atoms with van der Waals surface area (Å²) in [7, 11) is -0.227. The number of nitrogens with two attached hydrogens (primary N) is 1. The number of nitrogens with one attached hydrogen (secondary N) is 1. The van der Waals surface area contributed by atoms with Gasteiger partial charge in [0.2, 0.25) is 0 Å². The largest absolute Gasteiger partial charge is 0.328 e. The molecule has 0 radical (unpaired) electrons.